The van der Waals surface area contributed by atoms with Crippen molar-refractivity contribution in [3.8, 4) is 11.5 Å². The van der Waals surface area contributed by atoms with Gasteiger partial charge >= 0.3 is 0 Å². The van der Waals surface area contributed by atoms with E-state index in [1.165, 1.54) is 24.3 Å². The molecule has 0 aliphatic carbocycles. The molecule has 1 aliphatic heterocycles. The zero-order chi connectivity index (χ0) is 20.9. The number of amides is 2. The van der Waals surface area contributed by atoms with Gasteiger partial charge in [0.2, 0.25) is 5.91 Å². The zero-order valence-electron chi connectivity index (χ0n) is 16.1. The Morgan fingerprint density at radius 3 is 2.41 bits per heavy atom. The first-order chi connectivity index (χ1) is 13.9. The van der Waals surface area contributed by atoms with E-state index in [1.807, 2.05) is 0 Å². The Hall–Kier alpha value is -3.13. The highest BCUT2D eigenvalue weighted by molar-refractivity contribution is 5.94. The highest BCUT2D eigenvalue weighted by atomic mass is 19.1. The average Bonchev–Trinajstić information content (AvgIpc) is 2.72. The van der Waals surface area contributed by atoms with Gasteiger partial charge in [0.15, 0.2) is 0 Å². The average molecular weight is 402 g/mol. The summed E-state index contributed by atoms with van der Waals surface area (Å²) in [7, 11) is 1.55. The molecule has 29 heavy (non-hydrogen) atoms. The van der Waals surface area contributed by atoms with Crippen molar-refractivity contribution in [1.82, 2.24) is 4.90 Å². The maximum Gasteiger partial charge on any atom is 0.254 e. The topological polar surface area (TPSA) is 91.1 Å². The molecule has 2 amide bonds. The summed E-state index contributed by atoms with van der Waals surface area (Å²) in [6.45, 7) is 0.750. The number of carbonyl (C=O) groups excluding carboxylic acids is 2. The second-order valence-electron chi connectivity index (χ2n) is 6.87. The molecule has 0 saturated carbocycles. The summed E-state index contributed by atoms with van der Waals surface area (Å²) in [6.07, 6.45) is -0.111. The van der Waals surface area contributed by atoms with Crippen LogP contribution in [0.2, 0.25) is 0 Å². The van der Waals surface area contributed by atoms with Crippen molar-refractivity contribution in [3.05, 3.63) is 59.9 Å². The van der Waals surface area contributed by atoms with Crippen LogP contribution in [0.1, 0.15) is 16.8 Å². The fourth-order valence-corrected chi connectivity index (χ4v) is 3.24. The van der Waals surface area contributed by atoms with Gasteiger partial charge in [0.05, 0.1) is 26.7 Å². The third kappa shape index (κ3) is 5.23. The SMILES string of the molecule is COc1ccc(C(=O)N2CCO[C@](COc3ccc(F)cc3)(CC(N)=O)C2)cc1. The normalized spacial score (nSPS) is 18.9. The third-order valence-corrected chi connectivity index (χ3v) is 4.68. The first-order valence-corrected chi connectivity index (χ1v) is 9.15. The minimum atomic E-state index is -1.08. The molecule has 2 N–H and O–H groups in total. The Balaban J connectivity index is 1.74. The number of primary amides is 1. The largest absolute Gasteiger partial charge is 0.497 e. The number of ether oxygens (including phenoxy) is 3. The lowest BCUT2D eigenvalue weighted by Crippen LogP contribution is -2.58. The van der Waals surface area contributed by atoms with E-state index >= 15 is 0 Å². The molecule has 0 aromatic heterocycles. The van der Waals surface area contributed by atoms with Gasteiger partial charge in [0.1, 0.15) is 29.5 Å². The van der Waals surface area contributed by atoms with Crippen LogP contribution in [0.15, 0.2) is 48.5 Å². The van der Waals surface area contributed by atoms with E-state index in [1.54, 1.807) is 36.3 Å². The van der Waals surface area contributed by atoms with Gasteiger partial charge in [-0.15, -0.1) is 0 Å². The standard InChI is InChI=1S/C21H23FN2O5/c1-27-17-6-2-15(3-7-17)20(26)24-10-11-29-21(13-24,12-19(23)25)14-28-18-8-4-16(22)5-9-18/h2-9H,10-14H2,1H3,(H2,23,25)/t21-/m1/s1. The number of benzene rings is 2. The molecule has 1 atom stereocenters. The van der Waals surface area contributed by atoms with Crippen LogP contribution in [0.25, 0.3) is 0 Å². The predicted molar refractivity (Wildman–Crippen MR) is 103 cm³/mol. The number of nitrogens with zero attached hydrogens (tertiary/aromatic N) is 1. The van der Waals surface area contributed by atoms with Crippen LogP contribution in [0, 0.1) is 5.82 Å². The Bertz CT molecular complexity index is 856. The molecule has 0 spiro atoms. The van der Waals surface area contributed by atoms with Crippen LogP contribution in [-0.2, 0) is 9.53 Å². The second kappa shape index (κ2) is 8.91. The summed E-state index contributed by atoms with van der Waals surface area (Å²) in [5, 5.41) is 0. The molecule has 1 saturated heterocycles. The van der Waals surface area contributed by atoms with Crippen LogP contribution >= 0.6 is 0 Å². The molecule has 1 heterocycles. The lowest BCUT2D eigenvalue weighted by atomic mass is 9.97. The highest BCUT2D eigenvalue weighted by Crippen LogP contribution is 2.26. The summed E-state index contributed by atoms with van der Waals surface area (Å²) >= 11 is 0. The molecule has 1 fully saturated rings. The summed E-state index contributed by atoms with van der Waals surface area (Å²) < 4.78 is 29.8. The number of rotatable bonds is 7. The molecule has 7 nitrogen and oxygen atoms in total. The van der Waals surface area contributed by atoms with Crippen molar-refractivity contribution in [2.75, 3.05) is 33.4 Å². The number of halogens is 1. The van der Waals surface area contributed by atoms with E-state index in [-0.39, 0.29) is 37.9 Å². The monoisotopic (exact) mass is 402 g/mol. The molecule has 1 aliphatic rings. The number of methoxy groups -OCH3 is 1. The molecular formula is C21H23FN2O5. The molecule has 0 radical (unpaired) electrons. The van der Waals surface area contributed by atoms with E-state index in [0.717, 1.165) is 0 Å². The molecule has 8 heteroatoms. The zero-order valence-corrected chi connectivity index (χ0v) is 16.1. The Morgan fingerprint density at radius 2 is 1.79 bits per heavy atom. The van der Waals surface area contributed by atoms with Gasteiger partial charge in [-0.05, 0) is 48.5 Å². The van der Waals surface area contributed by atoms with Gasteiger partial charge in [-0.1, -0.05) is 0 Å². The van der Waals surface area contributed by atoms with Crippen molar-refractivity contribution in [3.63, 3.8) is 0 Å². The van der Waals surface area contributed by atoms with Crippen molar-refractivity contribution in [2.45, 2.75) is 12.0 Å². The van der Waals surface area contributed by atoms with E-state index in [4.69, 9.17) is 19.9 Å². The quantitative estimate of drug-likeness (QED) is 0.765. The van der Waals surface area contributed by atoms with Gasteiger partial charge < -0.3 is 24.8 Å². The number of hydrogen-bond donors (Lipinski definition) is 1. The van der Waals surface area contributed by atoms with Crippen LogP contribution in [0.5, 0.6) is 11.5 Å². The number of carbonyl (C=O) groups is 2. The molecule has 3 rings (SSSR count). The summed E-state index contributed by atoms with van der Waals surface area (Å²) in [5.41, 5.74) is 4.84. The Kier molecular flexibility index (Phi) is 6.33. The summed E-state index contributed by atoms with van der Waals surface area (Å²) in [4.78, 5) is 26.2. The van der Waals surface area contributed by atoms with Crippen LogP contribution < -0.4 is 15.2 Å². The van der Waals surface area contributed by atoms with Crippen molar-refractivity contribution >= 4 is 11.8 Å². The van der Waals surface area contributed by atoms with Crippen LogP contribution in [0.4, 0.5) is 4.39 Å². The molecule has 2 aromatic carbocycles. The second-order valence-corrected chi connectivity index (χ2v) is 6.87. The van der Waals surface area contributed by atoms with Crippen LogP contribution in [-0.4, -0.2) is 55.7 Å². The third-order valence-electron chi connectivity index (χ3n) is 4.68. The molecule has 0 bridgehead atoms. The van der Waals surface area contributed by atoms with Gasteiger partial charge in [-0.3, -0.25) is 9.59 Å². The van der Waals surface area contributed by atoms with Gasteiger partial charge in [0.25, 0.3) is 5.91 Å². The molecule has 2 aromatic rings. The smallest absolute Gasteiger partial charge is 0.254 e. The van der Waals surface area contributed by atoms with E-state index < -0.39 is 11.5 Å². The van der Waals surface area contributed by atoms with E-state index in [2.05, 4.69) is 0 Å². The lowest BCUT2D eigenvalue weighted by molar-refractivity contribution is -0.142. The minimum Gasteiger partial charge on any atom is -0.497 e. The fourth-order valence-electron chi connectivity index (χ4n) is 3.24. The minimum absolute atomic E-state index is 0.00599. The maximum absolute atomic E-state index is 13.1. The summed E-state index contributed by atoms with van der Waals surface area (Å²) in [5.74, 6) is -0.0517. The van der Waals surface area contributed by atoms with Crippen molar-refractivity contribution in [2.24, 2.45) is 5.73 Å². The highest BCUT2D eigenvalue weighted by Gasteiger charge is 2.41. The lowest BCUT2D eigenvalue weighted by Gasteiger charge is -2.42. The molecule has 0 unspecified atom stereocenters. The first-order valence-electron chi connectivity index (χ1n) is 9.15. The molecular weight excluding hydrogens is 379 g/mol. The summed E-state index contributed by atoms with van der Waals surface area (Å²) in [6, 6.07) is 12.3. The van der Waals surface area contributed by atoms with Crippen molar-refractivity contribution < 1.29 is 28.2 Å². The number of morpholine rings is 1. The molecule has 154 valence electrons. The van der Waals surface area contributed by atoms with E-state index in [0.29, 0.717) is 23.6 Å². The van der Waals surface area contributed by atoms with Crippen LogP contribution in [0.3, 0.4) is 0 Å². The number of nitrogens with two attached hydrogens (primary N) is 1. The Labute approximate surface area is 168 Å². The van der Waals surface area contributed by atoms with Gasteiger partial charge in [-0.2, -0.15) is 0 Å². The maximum atomic E-state index is 13.1. The predicted octanol–water partition coefficient (Wildman–Crippen LogP) is 2.00. The first kappa shape index (κ1) is 20.6. The van der Waals surface area contributed by atoms with Crippen molar-refractivity contribution in [1.29, 1.82) is 0 Å². The number of hydrogen-bond acceptors (Lipinski definition) is 5. The fraction of sp³-hybridized carbons (Fsp3) is 0.333. The Morgan fingerprint density at radius 1 is 1.14 bits per heavy atom. The van der Waals surface area contributed by atoms with Gasteiger partial charge in [-0.25, -0.2) is 4.39 Å². The van der Waals surface area contributed by atoms with Gasteiger partial charge in [0, 0.05) is 12.1 Å². The van der Waals surface area contributed by atoms with E-state index in [9.17, 15) is 14.0 Å².